The molecule has 0 aliphatic rings. The van der Waals surface area contributed by atoms with E-state index in [-0.39, 0.29) is 12.5 Å². The molecule has 3 aromatic rings. The Balaban J connectivity index is 1.79. The number of nitrogens with zero attached hydrogens (tertiary/aromatic N) is 4. The van der Waals surface area contributed by atoms with Gasteiger partial charge in [0.2, 0.25) is 10.7 Å². The Kier molecular flexibility index (Phi) is 5.08. The number of carbonyl (C=O) groups excluding carboxylic acids is 1. The summed E-state index contributed by atoms with van der Waals surface area (Å²) in [5.74, 6) is 1.57. The van der Waals surface area contributed by atoms with Crippen molar-refractivity contribution in [3.63, 3.8) is 0 Å². The number of ether oxygens (including phenoxy) is 2. The third kappa shape index (κ3) is 3.47. The van der Waals surface area contributed by atoms with Gasteiger partial charge < -0.3 is 14.8 Å². The van der Waals surface area contributed by atoms with Crippen molar-refractivity contribution in [2.45, 2.75) is 13.5 Å². The van der Waals surface area contributed by atoms with E-state index in [0.717, 1.165) is 0 Å². The maximum Gasteiger partial charge on any atom is 0.246 e. The van der Waals surface area contributed by atoms with E-state index in [1.165, 1.54) is 11.8 Å². The lowest BCUT2D eigenvalue weighted by atomic mass is 10.2. The van der Waals surface area contributed by atoms with E-state index in [1.54, 1.807) is 30.0 Å². The van der Waals surface area contributed by atoms with Crippen LogP contribution in [0.25, 0.3) is 0 Å². The van der Waals surface area contributed by atoms with Gasteiger partial charge in [0.25, 0.3) is 0 Å². The lowest BCUT2D eigenvalue weighted by Crippen LogP contribution is -2.20. The largest absolute Gasteiger partial charge is 0.497 e. The highest BCUT2D eigenvalue weighted by Gasteiger charge is 2.13. The third-order valence-corrected chi connectivity index (χ3v) is 4.15. The minimum atomic E-state index is -0.262. The fraction of sp³-hybridized carbons (Fsp3) is 0.235. The summed E-state index contributed by atoms with van der Waals surface area (Å²) in [6.07, 6.45) is 3.72. The van der Waals surface area contributed by atoms with Crippen molar-refractivity contribution in [3.8, 4) is 11.5 Å². The van der Waals surface area contributed by atoms with Crippen LogP contribution in [0.15, 0.2) is 42.7 Å². The summed E-state index contributed by atoms with van der Waals surface area (Å²) in [6.45, 7) is 1.82. The molecule has 0 atom stereocenters. The van der Waals surface area contributed by atoms with E-state index in [4.69, 9.17) is 21.7 Å². The minimum absolute atomic E-state index is 0.0108. The first kappa shape index (κ1) is 17.7. The van der Waals surface area contributed by atoms with E-state index in [0.29, 0.717) is 27.8 Å². The average Bonchev–Trinajstić information content (AvgIpc) is 3.23. The highest BCUT2D eigenvalue weighted by Crippen LogP contribution is 2.28. The Morgan fingerprint density at radius 3 is 2.62 bits per heavy atom. The third-order valence-electron chi connectivity index (χ3n) is 3.77. The van der Waals surface area contributed by atoms with Crippen LogP contribution >= 0.6 is 12.2 Å². The van der Waals surface area contributed by atoms with E-state index in [1.807, 2.05) is 36.1 Å². The van der Waals surface area contributed by atoms with Crippen LogP contribution in [0.2, 0.25) is 0 Å². The molecule has 0 unspecified atom stereocenters. The van der Waals surface area contributed by atoms with E-state index < -0.39 is 0 Å². The molecule has 1 amide bonds. The topological polar surface area (TPSA) is 75.2 Å². The van der Waals surface area contributed by atoms with Gasteiger partial charge in [-0.1, -0.05) is 0 Å². The van der Waals surface area contributed by atoms with Gasteiger partial charge >= 0.3 is 0 Å². The molecule has 8 nitrogen and oxygen atoms in total. The van der Waals surface area contributed by atoms with Crippen LogP contribution in [-0.4, -0.2) is 39.3 Å². The summed E-state index contributed by atoms with van der Waals surface area (Å²) in [5, 5.41) is 7.17. The standard InChI is InChI=1S/C17H19N5O3S/c1-12-19-21(17(26)22(12)20-8-4-5-9-20)11-16(23)18-14-7-6-13(24-2)10-15(14)25-3/h4-10H,11H2,1-3H3,(H,18,23). The van der Waals surface area contributed by atoms with Crippen molar-refractivity contribution >= 4 is 23.8 Å². The molecule has 0 aliphatic heterocycles. The molecule has 0 saturated heterocycles. The number of methoxy groups -OCH3 is 2. The number of carbonyl (C=O) groups is 1. The van der Waals surface area contributed by atoms with Crippen molar-refractivity contribution in [3.05, 3.63) is 53.3 Å². The van der Waals surface area contributed by atoms with Crippen molar-refractivity contribution in [2.75, 3.05) is 19.5 Å². The maximum absolute atomic E-state index is 12.4. The molecule has 2 aromatic heterocycles. The average molecular weight is 373 g/mol. The molecule has 2 heterocycles. The molecular weight excluding hydrogens is 354 g/mol. The summed E-state index contributed by atoms with van der Waals surface area (Å²) in [7, 11) is 3.10. The smallest absolute Gasteiger partial charge is 0.246 e. The summed E-state index contributed by atoms with van der Waals surface area (Å²) in [6, 6.07) is 8.95. The van der Waals surface area contributed by atoms with E-state index in [2.05, 4.69) is 10.4 Å². The number of benzene rings is 1. The summed E-state index contributed by atoms with van der Waals surface area (Å²) in [4.78, 5) is 12.4. The SMILES string of the molecule is COc1ccc(NC(=O)Cn2nc(C)n(-n3cccc3)c2=S)c(OC)c1. The zero-order chi connectivity index (χ0) is 18.7. The van der Waals surface area contributed by atoms with Gasteiger partial charge in [0.15, 0.2) is 0 Å². The molecule has 1 aromatic carbocycles. The fourth-order valence-corrected chi connectivity index (χ4v) is 2.89. The van der Waals surface area contributed by atoms with Crippen LogP contribution in [0.4, 0.5) is 5.69 Å². The minimum Gasteiger partial charge on any atom is -0.497 e. The molecule has 26 heavy (non-hydrogen) atoms. The zero-order valence-corrected chi connectivity index (χ0v) is 15.5. The quantitative estimate of drug-likeness (QED) is 0.672. The molecule has 3 rings (SSSR count). The number of hydrogen-bond acceptors (Lipinski definition) is 5. The predicted molar refractivity (Wildman–Crippen MR) is 99.2 cm³/mol. The Morgan fingerprint density at radius 2 is 1.96 bits per heavy atom. The first-order valence-electron chi connectivity index (χ1n) is 7.85. The lowest BCUT2D eigenvalue weighted by Gasteiger charge is -2.11. The molecule has 0 saturated carbocycles. The molecule has 0 spiro atoms. The Morgan fingerprint density at radius 1 is 1.23 bits per heavy atom. The second-order valence-corrected chi connectivity index (χ2v) is 5.84. The van der Waals surface area contributed by atoms with Crippen LogP contribution in [0.5, 0.6) is 11.5 Å². The monoisotopic (exact) mass is 373 g/mol. The van der Waals surface area contributed by atoms with E-state index >= 15 is 0 Å². The van der Waals surface area contributed by atoms with E-state index in [9.17, 15) is 4.79 Å². The predicted octanol–water partition coefficient (Wildman–Crippen LogP) is 2.49. The number of aryl methyl sites for hydroxylation is 1. The van der Waals surface area contributed by atoms with Crippen LogP contribution in [0, 0.1) is 11.7 Å². The molecule has 0 aliphatic carbocycles. The van der Waals surface area contributed by atoms with Gasteiger partial charge in [0, 0.05) is 18.5 Å². The van der Waals surface area contributed by atoms with Crippen molar-refractivity contribution in [2.24, 2.45) is 0 Å². The molecule has 0 bridgehead atoms. The molecule has 136 valence electrons. The van der Waals surface area contributed by atoms with Gasteiger partial charge in [-0.3, -0.25) is 9.47 Å². The van der Waals surface area contributed by atoms with Gasteiger partial charge in [-0.15, -0.1) is 0 Å². The molecule has 0 radical (unpaired) electrons. The van der Waals surface area contributed by atoms with Gasteiger partial charge in [0.1, 0.15) is 23.9 Å². The lowest BCUT2D eigenvalue weighted by molar-refractivity contribution is -0.116. The second kappa shape index (κ2) is 7.44. The van der Waals surface area contributed by atoms with Gasteiger partial charge in [-0.2, -0.15) is 5.10 Å². The summed E-state index contributed by atoms with van der Waals surface area (Å²) < 4.78 is 15.9. The Bertz CT molecular complexity index is 975. The maximum atomic E-state index is 12.4. The Labute approximate surface area is 155 Å². The van der Waals surface area contributed by atoms with Crippen molar-refractivity contribution in [1.82, 2.24) is 19.1 Å². The number of rotatable bonds is 6. The molecular formula is C17H19N5O3S. The number of aromatic nitrogens is 4. The van der Waals surface area contributed by atoms with Gasteiger partial charge in [-0.25, -0.2) is 9.36 Å². The summed E-state index contributed by atoms with van der Waals surface area (Å²) >= 11 is 5.45. The Hall–Kier alpha value is -3.07. The van der Waals surface area contributed by atoms with Crippen LogP contribution in [0.1, 0.15) is 5.82 Å². The highest BCUT2D eigenvalue weighted by atomic mass is 32.1. The number of anilines is 1. The highest BCUT2D eigenvalue weighted by molar-refractivity contribution is 7.71. The van der Waals surface area contributed by atoms with Crippen molar-refractivity contribution in [1.29, 1.82) is 0 Å². The van der Waals surface area contributed by atoms with Gasteiger partial charge in [-0.05, 0) is 43.4 Å². The van der Waals surface area contributed by atoms with Crippen LogP contribution in [-0.2, 0) is 11.3 Å². The molecule has 0 fully saturated rings. The van der Waals surface area contributed by atoms with Gasteiger partial charge in [0.05, 0.1) is 19.9 Å². The van der Waals surface area contributed by atoms with Crippen molar-refractivity contribution < 1.29 is 14.3 Å². The first-order valence-corrected chi connectivity index (χ1v) is 8.26. The zero-order valence-electron chi connectivity index (χ0n) is 14.7. The van der Waals surface area contributed by atoms with Crippen LogP contribution < -0.4 is 14.8 Å². The molecule has 9 heteroatoms. The normalized spacial score (nSPS) is 10.6. The number of nitrogens with one attached hydrogen (secondary N) is 1. The molecule has 1 N–H and O–H groups in total. The summed E-state index contributed by atoms with van der Waals surface area (Å²) in [5.41, 5.74) is 0.548. The number of hydrogen-bond donors (Lipinski definition) is 1. The first-order chi connectivity index (χ1) is 12.5. The second-order valence-electron chi connectivity index (χ2n) is 5.48. The number of amides is 1. The van der Waals surface area contributed by atoms with Crippen LogP contribution in [0.3, 0.4) is 0 Å². The fourth-order valence-electron chi connectivity index (χ4n) is 2.56.